The summed E-state index contributed by atoms with van der Waals surface area (Å²) in [6.45, 7) is -0.0258. The maximum absolute atomic E-state index is 12.5. The van der Waals surface area contributed by atoms with Gasteiger partial charge < -0.3 is 19.9 Å². The molecule has 2 N–H and O–H groups in total. The van der Waals surface area contributed by atoms with Crippen LogP contribution in [0.5, 0.6) is 5.75 Å². The van der Waals surface area contributed by atoms with Gasteiger partial charge in [-0.2, -0.15) is 0 Å². The van der Waals surface area contributed by atoms with Crippen molar-refractivity contribution in [2.45, 2.75) is 18.9 Å². The lowest BCUT2D eigenvalue weighted by atomic mass is 9.93. The number of fused-ring (bicyclic) bond motifs is 1. The second kappa shape index (κ2) is 8.21. The molecule has 2 aliphatic heterocycles. The normalized spacial score (nSPS) is 19.9. The Labute approximate surface area is 159 Å². The van der Waals surface area contributed by atoms with E-state index in [9.17, 15) is 29.6 Å². The lowest BCUT2D eigenvalue weighted by Gasteiger charge is -2.31. The van der Waals surface area contributed by atoms with E-state index in [1.807, 2.05) is 0 Å². The molecule has 0 radical (unpaired) electrons. The van der Waals surface area contributed by atoms with E-state index >= 15 is 0 Å². The van der Waals surface area contributed by atoms with E-state index in [4.69, 9.17) is 9.47 Å². The minimum absolute atomic E-state index is 0.0912. The average molecular weight is 393 g/mol. The van der Waals surface area contributed by atoms with Crippen LogP contribution in [0.25, 0.3) is 0 Å². The first kappa shape index (κ1) is 19.5. The molecule has 2 aliphatic rings. The zero-order chi connectivity index (χ0) is 20.3. The topological polar surface area (TPSA) is 148 Å². The summed E-state index contributed by atoms with van der Waals surface area (Å²) < 4.78 is 10.5. The van der Waals surface area contributed by atoms with Gasteiger partial charge in [-0.15, -0.1) is 0 Å². The molecule has 2 amide bonds. The van der Waals surface area contributed by atoms with Crippen molar-refractivity contribution in [1.29, 1.82) is 0 Å². The molecule has 28 heavy (non-hydrogen) atoms. The second-order valence-electron chi connectivity index (χ2n) is 6.54. The molecule has 1 aromatic carbocycles. The van der Waals surface area contributed by atoms with E-state index in [0.717, 1.165) is 11.0 Å². The quantitative estimate of drug-likeness (QED) is 0.518. The number of nitrogens with one attached hydrogen (secondary N) is 1. The monoisotopic (exact) mass is 393 g/mol. The van der Waals surface area contributed by atoms with Gasteiger partial charge in [0.15, 0.2) is 6.61 Å². The van der Waals surface area contributed by atoms with Crippen molar-refractivity contribution >= 4 is 29.2 Å². The number of rotatable bonds is 6. The number of non-ortho nitro benzene ring substituents is 1. The fourth-order valence-corrected chi connectivity index (χ4v) is 3.25. The number of carboxylic acid groups (broad SMARTS) is 1. The summed E-state index contributed by atoms with van der Waals surface area (Å²) >= 11 is 0. The summed E-state index contributed by atoms with van der Waals surface area (Å²) in [5, 5.41) is 22.9. The first-order valence-electron chi connectivity index (χ1n) is 8.68. The van der Waals surface area contributed by atoms with Crippen LogP contribution in [0.1, 0.15) is 12.8 Å². The number of nitro groups is 1. The molecule has 11 heteroatoms. The number of amides is 2. The molecule has 2 atom stereocenters. The van der Waals surface area contributed by atoms with Gasteiger partial charge in [0.1, 0.15) is 18.3 Å². The maximum atomic E-state index is 12.5. The predicted octanol–water partition coefficient (Wildman–Crippen LogP) is 0.316. The Morgan fingerprint density at radius 1 is 1.43 bits per heavy atom. The van der Waals surface area contributed by atoms with Crippen molar-refractivity contribution in [2.24, 2.45) is 5.92 Å². The van der Waals surface area contributed by atoms with E-state index in [-0.39, 0.29) is 36.3 Å². The standard InChI is InChI=1S/C17H19N3O8/c21-14(18-16(17(23)24)10-2-1-5-27-8-10)7-19-12-6-11(20(25)26)3-4-13(12)28-9-15(19)22/h3-4,6,10,16H,1-2,5,7-9H2,(H,18,21)(H,23,24). The molecule has 0 saturated carbocycles. The number of nitro benzene ring substituents is 1. The number of ether oxygens (including phenoxy) is 2. The lowest BCUT2D eigenvalue weighted by Crippen LogP contribution is -2.52. The molecule has 0 spiro atoms. The summed E-state index contributed by atoms with van der Waals surface area (Å²) in [6, 6.07) is 2.58. The van der Waals surface area contributed by atoms with Crippen LogP contribution < -0.4 is 15.0 Å². The number of carboxylic acids is 1. The highest BCUT2D eigenvalue weighted by Crippen LogP contribution is 2.35. The van der Waals surface area contributed by atoms with Crippen LogP contribution in [0.2, 0.25) is 0 Å². The average Bonchev–Trinajstić information content (AvgIpc) is 2.68. The van der Waals surface area contributed by atoms with Gasteiger partial charge in [0.05, 0.1) is 17.2 Å². The second-order valence-corrected chi connectivity index (χ2v) is 6.54. The summed E-state index contributed by atoms with van der Waals surface area (Å²) in [5.74, 6) is -2.58. The Kier molecular flexibility index (Phi) is 5.73. The molecular weight excluding hydrogens is 374 g/mol. The van der Waals surface area contributed by atoms with Crippen LogP contribution in [0, 0.1) is 16.0 Å². The molecule has 2 heterocycles. The molecule has 2 unspecified atom stereocenters. The van der Waals surface area contributed by atoms with Crippen molar-refractivity contribution in [3.63, 3.8) is 0 Å². The van der Waals surface area contributed by atoms with Crippen LogP contribution in [0.4, 0.5) is 11.4 Å². The fraction of sp³-hybridized carbons (Fsp3) is 0.471. The van der Waals surface area contributed by atoms with E-state index in [2.05, 4.69) is 5.32 Å². The number of carbonyl (C=O) groups is 3. The Balaban J connectivity index is 1.76. The van der Waals surface area contributed by atoms with Crippen molar-refractivity contribution < 1.29 is 33.9 Å². The van der Waals surface area contributed by atoms with Crippen molar-refractivity contribution in [1.82, 2.24) is 5.32 Å². The third kappa shape index (κ3) is 4.19. The Morgan fingerprint density at radius 3 is 2.86 bits per heavy atom. The van der Waals surface area contributed by atoms with Gasteiger partial charge in [-0.3, -0.25) is 24.6 Å². The molecule has 0 aliphatic carbocycles. The zero-order valence-corrected chi connectivity index (χ0v) is 14.8. The molecule has 0 aromatic heterocycles. The van der Waals surface area contributed by atoms with Crippen LogP contribution >= 0.6 is 0 Å². The molecule has 3 rings (SSSR count). The molecule has 0 bridgehead atoms. The van der Waals surface area contributed by atoms with E-state index < -0.39 is 35.3 Å². The summed E-state index contributed by atoms with van der Waals surface area (Å²) in [6.07, 6.45) is 1.30. The van der Waals surface area contributed by atoms with Gasteiger partial charge in [-0.05, 0) is 18.9 Å². The van der Waals surface area contributed by atoms with Gasteiger partial charge in [0, 0.05) is 24.7 Å². The number of aliphatic carboxylic acids is 1. The van der Waals surface area contributed by atoms with E-state index in [1.54, 1.807) is 0 Å². The van der Waals surface area contributed by atoms with Crippen LogP contribution in [-0.2, 0) is 19.1 Å². The first-order chi connectivity index (χ1) is 13.4. The van der Waals surface area contributed by atoms with Crippen LogP contribution in [-0.4, -0.2) is 60.2 Å². The third-order valence-corrected chi connectivity index (χ3v) is 4.65. The van der Waals surface area contributed by atoms with E-state index in [0.29, 0.717) is 19.4 Å². The highest BCUT2D eigenvalue weighted by molar-refractivity contribution is 6.02. The SMILES string of the molecule is O=C(CN1C(=O)COc2ccc([N+](=O)[O-])cc21)NC(C(=O)O)C1CCCOC1. The summed E-state index contributed by atoms with van der Waals surface area (Å²) in [4.78, 5) is 47.7. The summed E-state index contributed by atoms with van der Waals surface area (Å²) in [5.41, 5.74) is -0.168. The highest BCUT2D eigenvalue weighted by Gasteiger charge is 2.34. The number of hydrogen-bond donors (Lipinski definition) is 2. The molecular formula is C17H19N3O8. The Hall–Kier alpha value is -3.21. The van der Waals surface area contributed by atoms with Crippen LogP contribution in [0.3, 0.4) is 0 Å². The number of anilines is 1. The van der Waals surface area contributed by atoms with Gasteiger partial charge in [0.2, 0.25) is 5.91 Å². The van der Waals surface area contributed by atoms with Crippen molar-refractivity contribution in [3.8, 4) is 5.75 Å². The van der Waals surface area contributed by atoms with Gasteiger partial charge in [0.25, 0.3) is 11.6 Å². The maximum Gasteiger partial charge on any atom is 0.326 e. The molecule has 1 fully saturated rings. The number of benzene rings is 1. The fourth-order valence-electron chi connectivity index (χ4n) is 3.25. The predicted molar refractivity (Wildman–Crippen MR) is 94.1 cm³/mol. The summed E-state index contributed by atoms with van der Waals surface area (Å²) in [7, 11) is 0. The smallest absolute Gasteiger partial charge is 0.326 e. The number of carbonyl (C=O) groups excluding carboxylic acids is 2. The van der Waals surface area contributed by atoms with Gasteiger partial charge in [-0.1, -0.05) is 0 Å². The van der Waals surface area contributed by atoms with Gasteiger partial charge >= 0.3 is 5.97 Å². The molecule has 150 valence electrons. The van der Waals surface area contributed by atoms with Gasteiger partial charge in [-0.25, -0.2) is 4.79 Å². The van der Waals surface area contributed by atoms with E-state index in [1.165, 1.54) is 12.1 Å². The lowest BCUT2D eigenvalue weighted by molar-refractivity contribution is -0.384. The zero-order valence-electron chi connectivity index (χ0n) is 14.8. The third-order valence-electron chi connectivity index (χ3n) is 4.65. The highest BCUT2D eigenvalue weighted by atomic mass is 16.6. The van der Waals surface area contributed by atoms with Crippen LogP contribution in [0.15, 0.2) is 18.2 Å². The van der Waals surface area contributed by atoms with Crippen molar-refractivity contribution in [3.05, 3.63) is 28.3 Å². The molecule has 1 saturated heterocycles. The van der Waals surface area contributed by atoms with Crippen molar-refractivity contribution in [2.75, 3.05) is 31.3 Å². The number of hydrogen-bond acceptors (Lipinski definition) is 7. The largest absolute Gasteiger partial charge is 0.482 e. The minimum Gasteiger partial charge on any atom is -0.482 e. The first-order valence-corrected chi connectivity index (χ1v) is 8.68. The molecule has 1 aromatic rings. The minimum atomic E-state index is -1.19. The Morgan fingerprint density at radius 2 is 2.21 bits per heavy atom. The molecule has 11 nitrogen and oxygen atoms in total. The number of nitrogens with zero attached hydrogens (tertiary/aromatic N) is 2. The Bertz CT molecular complexity index is 806.